The Labute approximate surface area is 129 Å². The van der Waals surface area contributed by atoms with E-state index in [2.05, 4.69) is 42.3 Å². The van der Waals surface area contributed by atoms with Crippen molar-refractivity contribution in [3.8, 4) is 11.3 Å². The van der Waals surface area contributed by atoms with E-state index < -0.39 is 0 Å². The minimum atomic E-state index is -0.0262. The van der Waals surface area contributed by atoms with Gasteiger partial charge in [0.25, 0.3) is 0 Å². The van der Waals surface area contributed by atoms with Crippen molar-refractivity contribution >= 4 is 22.4 Å². The molecule has 2 rings (SSSR count). The van der Waals surface area contributed by atoms with Gasteiger partial charge in [0.2, 0.25) is 5.91 Å². The van der Waals surface area contributed by atoms with Gasteiger partial charge in [-0.15, -0.1) is 11.3 Å². The summed E-state index contributed by atoms with van der Waals surface area (Å²) in [7, 11) is 0. The molecule has 5 heteroatoms. The normalized spacial score (nSPS) is 10.7. The number of hydrogen-bond acceptors (Lipinski definition) is 4. The number of thiazole rings is 1. The highest BCUT2D eigenvalue weighted by Crippen LogP contribution is 2.32. The van der Waals surface area contributed by atoms with Crippen LogP contribution in [0.4, 0.5) is 5.13 Å². The van der Waals surface area contributed by atoms with Crippen LogP contribution in [0.5, 0.6) is 0 Å². The maximum absolute atomic E-state index is 11.7. The summed E-state index contributed by atoms with van der Waals surface area (Å²) in [4.78, 5) is 17.4. The number of aryl methyl sites for hydroxylation is 3. The first kappa shape index (κ1) is 15.7. The van der Waals surface area contributed by atoms with Gasteiger partial charge in [0.15, 0.2) is 5.13 Å². The summed E-state index contributed by atoms with van der Waals surface area (Å²) in [5.74, 6) is -0.0262. The summed E-state index contributed by atoms with van der Waals surface area (Å²) in [6.45, 7) is 6.70. The maximum Gasteiger partial charge on any atom is 0.226 e. The molecule has 0 fully saturated rings. The van der Waals surface area contributed by atoms with Gasteiger partial charge in [-0.25, -0.2) is 4.98 Å². The van der Waals surface area contributed by atoms with Crippen LogP contribution in [0.15, 0.2) is 18.2 Å². The monoisotopic (exact) mass is 303 g/mol. The van der Waals surface area contributed by atoms with E-state index in [4.69, 9.17) is 5.73 Å². The molecule has 1 aromatic heterocycles. The number of hydrogen-bond donors (Lipinski definition) is 2. The Morgan fingerprint density at radius 3 is 2.81 bits per heavy atom. The minimum Gasteiger partial charge on any atom is -0.330 e. The van der Waals surface area contributed by atoms with Crippen LogP contribution in [0.25, 0.3) is 11.3 Å². The summed E-state index contributed by atoms with van der Waals surface area (Å²) in [5, 5.41) is 3.51. The van der Waals surface area contributed by atoms with Crippen LogP contribution >= 0.6 is 11.3 Å². The topological polar surface area (TPSA) is 68.0 Å². The molecule has 1 amide bonds. The third kappa shape index (κ3) is 3.89. The van der Waals surface area contributed by atoms with Gasteiger partial charge in [-0.3, -0.25) is 4.79 Å². The molecule has 2 aromatic rings. The Kier molecular flexibility index (Phi) is 5.09. The number of benzene rings is 1. The standard InChI is InChI=1S/C16H21N3OS/c1-10-6-7-11(2)13(9-10)15-12(3)21-16(19-15)18-14(20)5-4-8-17/h6-7,9H,4-5,8,17H2,1-3H3,(H,18,19,20). The average Bonchev–Trinajstić information content (AvgIpc) is 2.79. The number of amides is 1. The number of carbonyl (C=O) groups excluding carboxylic acids is 1. The molecule has 1 heterocycles. The lowest BCUT2D eigenvalue weighted by molar-refractivity contribution is -0.116. The second kappa shape index (κ2) is 6.83. The van der Waals surface area contributed by atoms with Crippen molar-refractivity contribution in [1.82, 2.24) is 4.98 Å². The quantitative estimate of drug-likeness (QED) is 0.889. The molecule has 0 spiro atoms. The number of rotatable bonds is 5. The van der Waals surface area contributed by atoms with Gasteiger partial charge in [0, 0.05) is 16.9 Å². The Morgan fingerprint density at radius 1 is 1.33 bits per heavy atom. The fourth-order valence-electron chi connectivity index (χ4n) is 2.14. The second-order valence-corrected chi connectivity index (χ2v) is 6.39. The highest BCUT2D eigenvalue weighted by Gasteiger charge is 2.13. The Balaban J connectivity index is 2.23. The molecule has 4 nitrogen and oxygen atoms in total. The van der Waals surface area contributed by atoms with Gasteiger partial charge in [-0.1, -0.05) is 17.7 Å². The lowest BCUT2D eigenvalue weighted by Gasteiger charge is -2.05. The summed E-state index contributed by atoms with van der Waals surface area (Å²) < 4.78 is 0. The molecule has 0 atom stereocenters. The van der Waals surface area contributed by atoms with E-state index in [1.165, 1.54) is 22.5 Å². The maximum atomic E-state index is 11.7. The fourth-order valence-corrected chi connectivity index (χ4v) is 2.98. The van der Waals surface area contributed by atoms with Crippen LogP contribution < -0.4 is 11.1 Å². The summed E-state index contributed by atoms with van der Waals surface area (Å²) in [6, 6.07) is 6.33. The molecule has 0 saturated carbocycles. The van der Waals surface area contributed by atoms with E-state index in [0.717, 1.165) is 16.1 Å². The zero-order valence-corrected chi connectivity index (χ0v) is 13.5. The first-order valence-corrected chi connectivity index (χ1v) is 7.88. The molecular formula is C16H21N3OS. The van der Waals surface area contributed by atoms with Gasteiger partial charge in [-0.05, 0) is 45.4 Å². The molecule has 0 aliphatic heterocycles. The van der Waals surface area contributed by atoms with Crippen LogP contribution in [0.2, 0.25) is 0 Å². The van der Waals surface area contributed by atoms with Gasteiger partial charge in [-0.2, -0.15) is 0 Å². The zero-order chi connectivity index (χ0) is 15.4. The number of nitrogens with zero attached hydrogens (tertiary/aromatic N) is 1. The highest BCUT2D eigenvalue weighted by atomic mass is 32.1. The molecule has 112 valence electrons. The van der Waals surface area contributed by atoms with Crippen molar-refractivity contribution < 1.29 is 4.79 Å². The molecule has 3 N–H and O–H groups in total. The lowest BCUT2D eigenvalue weighted by Crippen LogP contribution is -2.13. The van der Waals surface area contributed by atoms with Gasteiger partial charge < -0.3 is 11.1 Å². The second-order valence-electron chi connectivity index (χ2n) is 5.18. The van der Waals surface area contributed by atoms with Gasteiger partial charge in [0.1, 0.15) is 0 Å². The molecule has 21 heavy (non-hydrogen) atoms. The first-order valence-electron chi connectivity index (χ1n) is 7.06. The van der Waals surface area contributed by atoms with E-state index in [1.54, 1.807) is 0 Å². The van der Waals surface area contributed by atoms with Crippen molar-refractivity contribution in [3.63, 3.8) is 0 Å². The highest BCUT2D eigenvalue weighted by molar-refractivity contribution is 7.16. The Morgan fingerprint density at radius 2 is 2.10 bits per heavy atom. The lowest BCUT2D eigenvalue weighted by atomic mass is 10.0. The number of aromatic nitrogens is 1. The summed E-state index contributed by atoms with van der Waals surface area (Å²) in [6.07, 6.45) is 1.13. The van der Waals surface area contributed by atoms with E-state index in [-0.39, 0.29) is 5.91 Å². The van der Waals surface area contributed by atoms with Crippen molar-refractivity contribution in [1.29, 1.82) is 0 Å². The van der Waals surface area contributed by atoms with Crippen molar-refractivity contribution in [3.05, 3.63) is 34.2 Å². The molecule has 0 radical (unpaired) electrons. The fraction of sp³-hybridized carbons (Fsp3) is 0.375. The van der Waals surface area contributed by atoms with Crippen molar-refractivity contribution in [2.45, 2.75) is 33.6 Å². The van der Waals surface area contributed by atoms with Crippen LogP contribution in [0, 0.1) is 20.8 Å². The van der Waals surface area contributed by atoms with Crippen LogP contribution in [-0.4, -0.2) is 17.4 Å². The van der Waals surface area contributed by atoms with Crippen LogP contribution in [0.3, 0.4) is 0 Å². The predicted octanol–water partition coefficient (Wildman–Crippen LogP) is 3.41. The van der Waals surface area contributed by atoms with E-state index in [0.29, 0.717) is 24.5 Å². The third-order valence-electron chi connectivity index (χ3n) is 3.30. The molecule has 0 aliphatic rings. The SMILES string of the molecule is Cc1ccc(C)c(-c2nc(NC(=O)CCCN)sc2C)c1. The molecule has 0 aliphatic carbocycles. The largest absolute Gasteiger partial charge is 0.330 e. The Hall–Kier alpha value is -1.72. The molecule has 0 bridgehead atoms. The van der Waals surface area contributed by atoms with E-state index >= 15 is 0 Å². The number of anilines is 1. The zero-order valence-electron chi connectivity index (χ0n) is 12.7. The summed E-state index contributed by atoms with van der Waals surface area (Å²) in [5.41, 5.74) is 9.89. The van der Waals surface area contributed by atoms with Gasteiger partial charge >= 0.3 is 0 Å². The Bertz CT molecular complexity index is 649. The third-order valence-corrected chi connectivity index (χ3v) is 4.19. The van der Waals surface area contributed by atoms with Crippen LogP contribution in [0.1, 0.15) is 28.8 Å². The van der Waals surface area contributed by atoms with E-state index in [9.17, 15) is 4.79 Å². The molecule has 0 unspecified atom stereocenters. The number of nitrogens with one attached hydrogen (secondary N) is 1. The molecule has 1 aromatic carbocycles. The first-order chi connectivity index (χ1) is 10.0. The number of nitrogens with two attached hydrogens (primary N) is 1. The smallest absolute Gasteiger partial charge is 0.226 e. The molecular weight excluding hydrogens is 282 g/mol. The predicted molar refractivity (Wildman–Crippen MR) is 88.7 cm³/mol. The average molecular weight is 303 g/mol. The van der Waals surface area contributed by atoms with E-state index in [1.807, 2.05) is 6.92 Å². The number of carbonyl (C=O) groups is 1. The minimum absolute atomic E-state index is 0.0262. The van der Waals surface area contributed by atoms with Crippen LogP contribution in [-0.2, 0) is 4.79 Å². The van der Waals surface area contributed by atoms with Crippen molar-refractivity contribution in [2.75, 3.05) is 11.9 Å². The summed E-state index contributed by atoms with van der Waals surface area (Å²) >= 11 is 1.51. The van der Waals surface area contributed by atoms with Crippen molar-refractivity contribution in [2.24, 2.45) is 5.73 Å². The van der Waals surface area contributed by atoms with Gasteiger partial charge in [0.05, 0.1) is 5.69 Å². The molecule has 0 saturated heterocycles.